The van der Waals surface area contributed by atoms with Gasteiger partial charge in [-0.05, 0) is 30.5 Å². The third-order valence-corrected chi connectivity index (χ3v) is 3.37. The minimum absolute atomic E-state index is 0.241. The first-order valence-electron chi connectivity index (χ1n) is 5.73. The summed E-state index contributed by atoms with van der Waals surface area (Å²) in [6.07, 6.45) is 1.73. The molecule has 3 heterocycles. The minimum Gasteiger partial charge on any atom is -0.482 e. The van der Waals surface area contributed by atoms with Gasteiger partial charge in [-0.2, -0.15) is 0 Å². The van der Waals surface area contributed by atoms with Gasteiger partial charge in [0.1, 0.15) is 5.75 Å². The van der Waals surface area contributed by atoms with Crippen LogP contribution in [0, 0.1) is 6.92 Å². The fourth-order valence-corrected chi connectivity index (χ4v) is 2.22. The number of ether oxygens (including phenoxy) is 1. The van der Waals surface area contributed by atoms with Gasteiger partial charge in [-0.1, -0.05) is 6.07 Å². The monoisotopic (exact) mass is 273 g/mol. The summed E-state index contributed by atoms with van der Waals surface area (Å²) in [6.45, 7) is 2.13. The van der Waals surface area contributed by atoms with E-state index >= 15 is 0 Å². The number of pyridine rings is 1. The number of nitrogens with zero attached hydrogens (tertiary/aromatic N) is 3. The van der Waals surface area contributed by atoms with E-state index in [0.29, 0.717) is 11.8 Å². The van der Waals surface area contributed by atoms with Gasteiger partial charge < -0.3 is 9.15 Å². The van der Waals surface area contributed by atoms with Crippen molar-refractivity contribution >= 4 is 11.3 Å². The smallest absolute Gasteiger partial charge is 0.257 e. The van der Waals surface area contributed by atoms with Crippen molar-refractivity contribution in [1.29, 1.82) is 0 Å². The summed E-state index contributed by atoms with van der Waals surface area (Å²) in [5, 5.41) is 9.92. The molecule has 3 aromatic rings. The topological polar surface area (TPSA) is 61.0 Å². The molecular weight excluding hydrogens is 262 g/mol. The van der Waals surface area contributed by atoms with Crippen LogP contribution < -0.4 is 4.74 Å². The van der Waals surface area contributed by atoms with Crippen LogP contribution >= 0.6 is 11.3 Å². The molecule has 6 heteroatoms. The van der Waals surface area contributed by atoms with Crippen LogP contribution in [0.4, 0.5) is 0 Å². The lowest BCUT2D eigenvalue weighted by Crippen LogP contribution is -1.98. The third kappa shape index (κ3) is 2.63. The maximum Gasteiger partial charge on any atom is 0.257 e. The molecule has 3 aromatic heterocycles. The highest BCUT2D eigenvalue weighted by molar-refractivity contribution is 7.13. The highest BCUT2D eigenvalue weighted by atomic mass is 32.1. The van der Waals surface area contributed by atoms with E-state index in [1.165, 1.54) is 0 Å². The maximum absolute atomic E-state index is 5.60. The largest absolute Gasteiger partial charge is 0.482 e. The summed E-state index contributed by atoms with van der Waals surface area (Å²) in [4.78, 5) is 5.10. The fourth-order valence-electron chi connectivity index (χ4n) is 1.57. The van der Waals surface area contributed by atoms with E-state index in [9.17, 15) is 0 Å². The lowest BCUT2D eigenvalue weighted by molar-refractivity contribution is 0.262. The molecule has 0 saturated heterocycles. The zero-order valence-corrected chi connectivity index (χ0v) is 11.1. The van der Waals surface area contributed by atoms with Crippen LogP contribution in [0.25, 0.3) is 10.8 Å². The van der Waals surface area contributed by atoms with E-state index in [0.717, 1.165) is 16.3 Å². The van der Waals surface area contributed by atoms with Crippen LogP contribution in [0.5, 0.6) is 5.75 Å². The molecule has 96 valence electrons. The number of hydrogen-bond acceptors (Lipinski definition) is 6. The molecule has 0 saturated carbocycles. The summed E-state index contributed by atoms with van der Waals surface area (Å²) in [5.74, 6) is 1.70. The van der Waals surface area contributed by atoms with Gasteiger partial charge in [-0.15, -0.1) is 21.5 Å². The number of thiophene rings is 1. The van der Waals surface area contributed by atoms with E-state index in [-0.39, 0.29) is 6.61 Å². The van der Waals surface area contributed by atoms with E-state index in [4.69, 9.17) is 9.15 Å². The van der Waals surface area contributed by atoms with Gasteiger partial charge in [-0.3, -0.25) is 4.98 Å². The Morgan fingerprint density at radius 1 is 1.26 bits per heavy atom. The zero-order valence-electron chi connectivity index (χ0n) is 10.2. The number of rotatable bonds is 4. The van der Waals surface area contributed by atoms with Crippen LogP contribution in [0.15, 0.2) is 40.3 Å². The van der Waals surface area contributed by atoms with Crippen LogP contribution in [-0.2, 0) is 6.61 Å². The molecule has 0 bridgehead atoms. The highest BCUT2D eigenvalue weighted by Gasteiger charge is 2.10. The second-order valence-corrected chi connectivity index (χ2v) is 4.80. The molecule has 5 nitrogen and oxygen atoms in total. The van der Waals surface area contributed by atoms with Crippen LogP contribution in [0.3, 0.4) is 0 Å². The Labute approximate surface area is 113 Å². The van der Waals surface area contributed by atoms with Crippen molar-refractivity contribution in [2.75, 3.05) is 0 Å². The fraction of sp³-hybridized carbons (Fsp3) is 0.154. The number of hydrogen-bond donors (Lipinski definition) is 0. The molecule has 0 aliphatic rings. The van der Waals surface area contributed by atoms with E-state index < -0.39 is 0 Å². The molecule has 0 amide bonds. The molecule has 0 fully saturated rings. The van der Waals surface area contributed by atoms with E-state index in [1.54, 1.807) is 17.5 Å². The first-order chi connectivity index (χ1) is 9.33. The second kappa shape index (κ2) is 5.19. The Hall–Kier alpha value is -2.21. The molecule has 0 N–H and O–H groups in total. The van der Waals surface area contributed by atoms with Crippen molar-refractivity contribution < 1.29 is 9.15 Å². The molecule has 0 aliphatic heterocycles. The van der Waals surface area contributed by atoms with Gasteiger partial charge in [0.25, 0.3) is 11.8 Å². The lowest BCUT2D eigenvalue weighted by atomic mass is 10.3. The predicted octanol–water partition coefficient (Wildman–Crippen LogP) is 3.08. The highest BCUT2D eigenvalue weighted by Crippen LogP contribution is 2.23. The minimum atomic E-state index is 0.241. The van der Waals surface area contributed by atoms with Crippen molar-refractivity contribution in [2.24, 2.45) is 0 Å². The zero-order chi connectivity index (χ0) is 13.1. The van der Waals surface area contributed by atoms with Crippen molar-refractivity contribution in [3.05, 3.63) is 47.4 Å². The molecule has 0 spiro atoms. The number of aryl methyl sites for hydroxylation is 1. The Balaban J connectivity index is 1.70. The van der Waals surface area contributed by atoms with Gasteiger partial charge in [0, 0.05) is 6.20 Å². The first kappa shape index (κ1) is 11.9. The van der Waals surface area contributed by atoms with E-state index in [1.807, 2.05) is 36.6 Å². The SMILES string of the molecule is Cc1ncccc1OCc1nnc(-c2cccs2)o1. The standard InChI is InChI=1S/C13H11N3O2S/c1-9-10(4-2-6-14-9)17-8-12-15-16-13(18-12)11-5-3-7-19-11/h2-7H,8H2,1H3. The lowest BCUT2D eigenvalue weighted by Gasteiger charge is -2.04. The third-order valence-electron chi connectivity index (χ3n) is 2.51. The van der Waals surface area contributed by atoms with Crippen molar-refractivity contribution in [3.8, 4) is 16.5 Å². The molecule has 0 aliphatic carbocycles. The summed E-state index contributed by atoms with van der Waals surface area (Å²) >= 11 is 1.56. The van der Waals surface area contributed by atoms with Crippen molar-refractivity contribution in [2.45, 2.75) is 13.5 Å². The molecular formula is C13H11N3O2S. The van der Waals surface area contributed by atoms with Gasteiger partial charge in [-0.25, -0.2) is 0 Å². The van der Waals surface area contributed by atoms with E-state index in [2.05, 4.69) is 15.2 Å². The molecule has 19 heavy (non-hydrogen) atoms. The molecule has 0 unspecified atom stereocenters. The predicted molar refractivity (Wildman–Crippen MR) is 70.9 cm³/mol. The second-order valence-electron chi connectivity index (χ2n) is 3.85. The summed E-state index contributed by atoms with van der Waals surface area (Å²) < 4.78 is 11.1. The summed E-state index contributed by atoms with van der Waals surface area (Å²) in [6, 6.07) is 7.57. The Morgan fingerprint density at radius 3 is 3.00 bits per heavy atom. The van der Waals surface area contributed by atoms with Gasteiger partial charge >= 0.3 is 0 Å². The normalized spacial score (nSPS) is 10.6. The van der Waals surface area contributed by atoms with Gasteiger partial charge in [0.2, 0.25) is 0 Å². The van der Waals surface area contributed by atoms with Crippen LogP contribution in [0.1, 0.15) is 11.6 Å². The van der Waals surface area contributed by atoms with Crippen LogP contribution in [0.2, 0.25) is 0 Å². The van der Waals surface area contributed by atoms with Gasteiger partial charge in [0.15, 0.2) is 6.61 Å². The van der Waals surface area contributed by atoms with Crippen molar-refractivity contribution in [1.82, 2.24) is 15.2 Å². The quantitative estimate of drug-likeness (QED) is 0.731. The summed E-state index contributed by atoms with van der Waals surface area (Å²) in [5.41, 5.74) is 0.834. The maximum atomic E-state index is 5.60. The Bertz CT molecular complexity index is 664. The molecule has 0 radical (unpaired) electrons. The first-order valence-corrected chi connectivity index (χ1v) is 6.61. The van der Waals surface area contributed by atoms with Crippen molar-refractivity contribution in [3.63, 3.8) is 0 Å². The Morgan fingerprint density at radius 2 is 2.21 bits per heavy atom. The molecule has 0 aromatic carbocycles. The molecule has 3 rings (SSSR count). The van der Waals surface area contributed by atoms with Gasteiger partial charge in [0.05, 0.1) is 10.6 Å². The average Bonchev–Trinajstić information content (AvgIpc) is 3.09. The molecule has 0 atom stereocenters. The van der Waals surface area contributed by atoms with Crippen LogP contribution in [-0.4, -0.2) is 15.2 Å². The average molecular weight is 273 g/mol. The number of aromatic nitrogens is 3. The summed E-state index contributed by atoms with van der Waals surface area (Å²) in [7, 11) is 0. The Kier molecular flexibility index (Phi) is 3.24.